The first-order valence-corrected chi connectivity index (χ1v) is 8.45. The number of methoxy groups -OCH3 is 1. The molecule has 5 heteroatoms. The zero-order chi connectivity index (χ0) is 16.7. The van der Waals surface area contributed by atoms with Gasteiger partial charge in [-0.05, 0) is 50.7 Å². The summed E-state index contributed by atoms with van der Waals surface area (Å²) in [6.45, 7) is 4.77. The molecular formula is C18H29N3O2. The molecule has 1 aromatic rings. The lowest BCUT2D eigenvalue weighted by Gasteiger charge is -2.28. The molecule has 1 saturated heterocycles. The zero-order valence-corrected chi connectivity index (χ0v) is 14.6. The summed E-state index contributed by atoms with van der Waals surface area (Å²) in [6.07, 6.45) is 3.89. The van der Waals surface area contributed by atoms with Gasteiger partial charge in [0.1, 0.15) is 5.75 Å². The van der Waals surface area contributed by atoms with Crippen LogP contribution in [0.3, 0.4) is 0 Å². The predicted molar refractivity (Wildman–Crippen MR) is 93.0 cm³/mol. The predicted octanol–water partition coefficient (Wildman–Crippen LogP) is 1.97. The van der Waals surface area contributed by atoms with Crippen molar-refractivity contribution in [1.29, 1.82) is 0 Å². The highest BCUT2D eigenvalue weighted by molar-refractivity contribution is 5.96. The number of hydrogen-bond acceptors (Lipinski definition) is 4. The highest BCUT2D eigenvalue weighted by atomic mass is 16.5. The van der Waals surface area contributed by atoms with Gasteiger partial charge in [-0.3, -0.25) is 4.79 Å². The van der Waals surface area contributed by atoms with Crippen molar-refractivity contribution in [2.24, 2.45) is 0 Å². The van der Waals surface area contributed by atoms with Gasteiger partial charge >= 0.3 is 0 Å². The molecule has 0 bridgehead atoms. The van der Waals surface area contributed by atoms with Crippen LogP contribution in [0, 0.1) is 0 Å². The Morgan fingerprint density at radius 3 is 2.70 bits per heavy atom. The number of likely N-dealkylation sites (N-methyl/N-ethyl adjacent to an activating group) is 1. The van der Waals surface area contributed by atoms with Gasteiger partial charge in [0.25, 0.3) is 5.91 Å². The summed E-state index contributed by atoms with van der Waals surface area (Å²) in [5, 5.41) is 3.11. The van der Waals surface area contributed by atoms with Crippen LogP contribution in [0.5, 0.6) is 5.75 Å². The van der Waals surface area contributed by atoms with E-state index in [2.05, 4.69) is 10.2 Å². The molecule has 5 nitrogen and oxygen atoms in total. The van der Waals surface area contributed by atoms with Gasteiger partial charge in [-0.15, -0.1) is 0 Å². The van der Waals surface area contributed by atoms with E-state index in [4.69, 9.17) is 4.74 Å². The fourth-order valence-corrected chi connectivity index (χ4v) is 3.01. The van der Waals surface area contributed by atoms with Crippen molar-refractivity contribution < 1.29 is 9.53 Å². The first kappa shape index (κ1) is 17.8. The van der Waals surface area contributed by atoms with E-state index in [1.54, 1.807) is 12.0 Å². The number of ether oxygens (including phenoxy) is 1. The fraction of sp³-hybridized carbons (Fsp3) is 0.611. The van der Waals surface area contributed by atoms with Gasteiger partial charge < -0.3 is 19.9 Å². The van der Waals surface area contributed by atoms with E-state index in [9.17, 15) is 4.79 Å². The Labute approximate surface area is 139 Å². The Morgan fingerprint density at radius 2 is 2.04 bits per heavy atom. The molecule has 0 spiro atoms. The zero-order valence-electron chi connectivity index (χ0n) is 14.6. The monoisotopic (exact) mass is 319 g/mol. The maximum atomic E-state index is 12.7. The summed E-state index contributed by atoms with van der Waals surface area (Å²) in [4.78, 5) is 16.9. The minimum atomic E-state index is 0.0230. The SMILES string of the molecule is CNCc1ccc(C(=O)N(C)CCN2CCCCC2)c(OC)c1. The number of hydrogen-bond donors (Lipinski definition) is 1. The van der Waals surface area contributed by atoms with Gasteiger partial charge in [-0.2, -0.15) is 0 Å². The Morgan fingerprint density at radius 1 is 1.30 bits per heavy atom. The minimum absolute atomic E-state index is 0.0230. The van der Waals surface area contributed by atoms with Crippen molar-refractivity contribution in [3.63, 3.8) is 0 Å². The van der Waals surface area contributed by atoms with Gasteiger partial charge in [0.05, 0.1) is 12.7 Å². The lowest BCUT2D eigenvalue weighted by Crippen LogP contribution is -2.38. The number of piperidine rings is 1. The van der Waals surface area contributed by atoms with Gasteiger partial charge in [-0.25, -0.2) is 0 Å². The van der Waals surface area contributed by atoms with Crippen LogP contribution in [0.1, 0.15) is 35.2 Å². The average molecular weight is 319 g/mol. The quantitative estimate of drug-likeness (QED) is 0.835. The highest BCUT2D eigenvalue weighted by Gasteiger charge is 2.18. The van der Waals surface area contributed by atoms with Crippen molar-refractivity contribution in [3.8, 4) is 5.75 Å². The first-order valence-electron chi connectivity index (χ1n) is 8.45. The van der Waals surface area contributed by atoms with E-state index in [0.29, 0.717) is 11.3 Å². The molecule has 1 aromatic carbocycles. The molecule has 0 saturated carbocycles. The molecule has 1 fully saturated rings. The summed E-state index contributed by atoms with van der Waals surface area (Å²) in [5.41, 5.74) is 1.74. The molecule has 1 N–H and O–H groups in total. The van der Waals surface area contributed by atoms with Gasteiger partial charge in [0.15, 0.2) is 0 Å². The summed E-state index contributed by atoms with van der Waals surface area (Å²) in [7, 11) is 5.39. The molecule has 1 amide bonds. The van der Waals surface area contributed by atoms with Crippen LogP contribution in [0.4, 0.5) is 0 Å². The molecule has 0 radical (unpaired) electrons. The molecule has 2 rings (SSSR count). The molecular weight excluding hydrogens is 290 g/mol. The molecule has 1 aliphatic heterocycles. The maximum absolute atomic E-state index is 12.7. The van der Waals surface area contributed by atoms with Gasteiger partial charge in [-0.1, -0.05) is 12.5 Å². The van der Waals surface area contributed by atoms with E-state index in [0.717, 1.165) is 38.3 Å². The molecule has 0 aromatic heterocycles. The van der Waals surface area contributed by atoms with E-state index < -0.39 is 0 Å². The number of amides is 1. The number of nitrogens with zero attached hydrogens (tertiary/aromatic N) is 2. The average Bonchev–Trinajstić information content (AvgIpc) is 2.60. The topological polar surface area (TPSA) is 44.8 Å². The lowest BCUT2D eigenvalue weighted by atomic mass is 10.1. The van der Waals surface area contributed by atoms with Crippen LogP contribution in [0.2, 0.25) is 0 Å². The second-order valence-corrected chi connectivity index (χ2v) is 6.19. The Kier molecular flexibility index (Phi) is 6.86. The third-order valence-electron chi connectivity index (χ3n) is 4.42. The minimum Gasteiger partial charge on any atom is -0.496 e. The number of rotatable bonds is 7. The Bertz CT molecular complexity index is 513. The Balaban J connectivity index is 1.97. The van der Waals surface area contributed by atoms with Gasteiger partial charge in [0, 0.05) is 26.7 Å². The first-order chi connectivity index (χ1) is 11.2. The van der Waals surface area contributed by atoms with Crippen molar-refractivity contribution in [2.45, 2.75) is 25.8 Å². The van der Waals surface area contributed by atoms with Crippen LogP contribution in [0.15, 0.2) is 18.2 Å². The molecule has 1 heterocycles. The number of carbonyl (C=O) groups excluding carboxylic acids is 1. The summed E-state index contributed by atoms with van der Waals surface area (Å²) >= 11 is 0. The third kappa shape index (κ3) is 4.94. The molecule has 0 atom stereocenters. The number of benzene rings is 1. The van der Waals surface area contributed by atoms with E-state index >= 15 is 0 Å². The summed E-state index contributed by atoms with van der Waals surface area (Å²) < 4.78 is 5.41. The van der Waals surface area contributed by atoms with Crippen molar-refractivity contribution >= 4 is 5.91 Å². The van der Waals surface area contributed by atoms with Crippen molar-refractivity contribution in [1.82, 2.24) is 15.1 Å². The lowest BCUT2D eigenvalue weighted by molar-refractivity contribution is 0.0769. The fourth-order valence-electron chi connectivity index (χ4n) is 3.01. The second-order valence-electron chi connectivity index (χ2n) is 6.19. The van der Waals surface area contributed by atoms with E-state index in [1.807, 2.05) is 32.3 Å². The van der Waals surface area contributed by atoms with Crippen LogP contribution in [-0.4, -0.2) is 63.1 Å². The normalized spacial score (nSPS) is 15.4. The van der Waals surface area contributed by atoms with Crippen LogP contribution >= 0.6 is 0 Å². The van der Waals surface area contributed by atoms with Crippen molar-refractivity contribution in [3.05, 3.63) is 29.3 Å². The summed E-state index contributed by atoms with van der Waals surface area (Å²) in [6, 6.07) is 5.78. The molecule has 23 heavy (non-hydrogen) atoms. The van der Waals surface area contributed by atoms with Gasteiger partial charge in [0.2, 0.25) is 0 Å². The third-order valence-corrected chi connectivity index (χ3v) is 4.42. The highest BCUT2D eigenvalue weighted by Crippen LogP contribution is 2.21. The number of likely N-dealkylation sites (tertiary alicyclic amines) is 1. The molecule has 0 aliphatic carbocycles. The molecule has 1 aliphatic rings. The number of nitrogens with one attached hydrogen (secondary N) is 1. The van der Waals surface area contributed by atoms with Crippen molar-refractivity contribution in [2.75, 3.05) is 47.4 Å². The number of carbonyl (C=O) groups is 1. The van der Waals surface area contributed by atoms with E-state index in [1.165, 1.54) is 19.3 Å². The van der Waals surface area contributed by atoms with Crippen LogP contribution in [0.25, 0.3) is 0 Å². The van der Waals surface area contributed by atoms with Crippen LogP contribution in [-0.2, 0) is 6.54 Å². The Hall–Kier alpha value is -1.59. The molecule has 128 valence electrons. The van der Waals surface area contributed by atoms with Crippen LogP contribution < -0.4 is 10.1 Å². The maximum Gasteiger partial charge on any atom is 0.257 e. The second kappa shape index (κ2) is 8.89. The molecule has 0 unspecified atom stereocenters. The summed E-state index contributed by atoms with van der Waals surface area (Å²) in [5.74, 6) is 0.669. The van der Waals surface area contributed by atoms with E-state index in [-0.39, 0.29) is 5.91 Å². The smallest absolute Gasteiger partial charge is 0.257 e. The largest absolute Gasteiger partial charge is 0.496 e. The standard InChI is InChI=1S/C18H29N3O2/c1-19-14-15-7-8-16(17(13-15)23-3)18(22)20(2)11-12-21-9-5-4-6-10-21/h7-8,13,19H,4-6,9-12,14H2,1-3H3.